The minimum Gasteiger partial charge on any atom is -0.497 e. The molecule has 2 amide bonds. The number of aromatic nitrogens is 2. The summed E-state index contributed by atoms with van der Waals surface area (Å²) in [6.45, 7) is 1.30. The predicted octanol–water partition coefficient (Wildman–Crippen LogP) is 1.95. The monoisotopic (exact) mass is 378 g/mol. The molecular weight excluding hydrogens is 360 g/mol. The third-order valence-electron chi connectivity index (χ3n) is 5.57. The molecule has 0 bridgehead atoms. The Morgan fingerprint density at radius 3 is 2.75 bits per heavy atom. The number of carbonyl (C=O) groups excluding carboxylic acids is 2. The maximum absolute atomic E-state index is 13.3. The molecule has 0 radical (unpaired) electrons. The average Bonchev–Trinajstić information content (AvgIpc) is 3.47. The summed E-state index contributed by atoms with van der Waals surface area (Å²) in [7, 11) is 1.60. The molecule has 3 aromatic rings. The minimum absolute atomic E-state index is 0.0949. The average molecular weight is 378 g/mol. The van der Waals surface area contributed by atoms with Crippen molar-refractivity contribution in [2.45, 2.75) is 12.2 Å². The van der Waals surface area contributed by atoms with Crippen molar-refractivity contribution >= 4 is 11.8 Å². The van der Waals surface area contributed by atoms with Gasteiger partial charge in [-0.2, -0.15) is 0 Å². The zero-order chi connectivity index (χ0) is 19.3. The van der Waals surface area contributed by atoms with Gasteiger partial charge in [0.2, 0.25) is 0 Å². The summed E-state index contributed by atoms with van der Waals surface area (Å²) in [5.41, 5.74) is 0.751. The van der Waals surface area contributed by atoms with Crippen molar-refractivity contribution in [2.24, 2.45) is 0 Å². The lowest BCUT2D eigenvalue weighted by Crippen LogP contribution is -2.60. The molecule has 0 N–H and O–H groups in total. The van der Waals surface area contributed by atoms with Crippen molar-refractivity contribution in [1.82, 2.24) is 19.4 Å². The van der Waals surface area contributed by atoms with Crippen LogP contribution >= 0.6 is 0 Å². The number of amides is 2. The van der Waals surface area contributed by atoms with Gasteiger partial charge >= 0.3 is 0 Å². The van der Waals surface area contributed by atoms with Crippen LogP contribution in [0.2, 0.25) is 0 Å². The molecule has 8 heteroatoms. The topological polar surface area (TPSA) is 80.8 Å². The van der Waals surface area contributed by atoms with E-state index in [1.807, 2.05) is 47.2 Å². The van der Waals surface area contributed by atoms with Crippen LogP contribution in [0.5, 0.6) is 5.75 Å². The normalized spacial score (nSPS) is 20.8. The fraction of sp³-hybridized carbons (Fsp3) is 0.250. The number of hydrogen-bond donors (Lipinski definition) is 0. The summed E-state index contributed by atoms with van der Waals surface area (Å²) >= 11 is 0. The van der Waals surface area contributed by atoms with Gasteiger partial charge in [0.25, 0.3) is 11.8 Å². The number of carbonyl (C=O) groups is 2. The highest BCUT2D eigenvalue weighted by molar-refractivity contribution is 5.97. The number of oxazole rings is 1. The first-order valence-corrected chi connectivity index (χ1v) is 8.97. The fourth-order valence-corrected chi connectivity index (χ4v) is 4.26. The summed E-state index contributed by atoms with van der Waals surface area (Å²) in [6.07, 6.45) is 4.43. The van der Waals surface area contributed by atoms with E-state index in [2.05, 4.69) is 4.98 Å². The van der Waals surface area contributed by atoms with Gasteiger partial charge in [0.1, 0.15) is 17.7 Å². The van der Waals surface area contributed by atoms with E-state index in [0.717, 1.165) is 5.56 Å². The first-order valence-electron chi connectivity index (χ1n) is 8.97. The van der Waals surface area contributed by atoms with Crippen LogP contribution in [0.25, 0.3) is 0 Å². The molecular formula is C20H18N4O4. The molecule has 8 nitrogen and oxygen atoms in total. The Labute approximate surface area is 160 Å². The van der Waals surface area contributed by atoms with E-state index in [1.54, 1.807) is 16.9 Å². The number of rotatable bonds is 3. The van der Waals surface area contributed by atoms with Gasteiger partial charge in [-0.15, -0.1) is 0 Å². The Balaban J connectivity index is 1.68. The lowest BCUT2D eigenvalue weighted by molar-refractivity contribution is -0.00619. The van der Waals surface area contributed by atoms with E-state index in [9.17, 15) is 9.59 Å². The van der Waals surface area contributed by atoms with Crippen LogP contribution in [-0.4, -0.2) is 51.4 Å². The maximum Gasteiger partial charge on any atom is 0.278 e. The third kappa shape index (κ3) is 2.14. The number of ether oxygens (including phenoxy) is 1. The molecule has 2 aliphatic heterocycles. The van der Waals surface area contributed by atoms with Gasteiger partial charge in [0.05, 0.1) is 13.7 Å². The Bertz CT molecular complexity index is 1040. The molecule has 1 aromatic carbocycles. The molecule has 1 unspecified atom stereocenters. The Morgan fingerprint density at radius 2 is 2.04 bits per heavy atom. The largest absolute Gasteiger partial charge is 0.497 e. The smallest absolute Gasteiger partial charge is 0.278 e. The predicted molar refractivity (Wildman–Crippen MR) is 97.7 cm³/mol. The Morgan fingerprint density at radius 1 is 1.21 bits per heavy atom. The molecule has 2 aromatic heterocycles. The quantitative estimate of drug-likeness (QED) is 0.696. The molecule has 1 atom stereocenters. The van der Waals surface area contributed by atoms with E-state index < -0.39 is 5.66 Å². The maximum atomic E-state index is 13.3. The van der Waals surface area contributed by atoms with Crippen molar-refractivity contribution in [3.63, 3.8) is 0 Å². The summed E-state index contributed by atoms with van der Waals surface area (Å²) in [4.78, 5) is 34.0. The van der Waals surface area contributed by atoms with Crippen LogP contribution < -0.4 is 4.74 Å². The van der Waals surface area contributed by atoms with Gasteiger partial charge in [0, 0.05) is 24.8 Å². The number of benzene rings is 1. The molecule has 0 aliphatic carbocycles. The fourth-order valence-electron chi connectivity index (χ4n) is 4.26. The standard InChI is InChI=1S/C20H18N4O4/c1-27-15-6-4-14(5-7-15)20-12-22-8-2-3-17(22)19(26)24(20)10-9-23(20)18(25)16-11-28-13-21-16/h2-8,11,13H,9-10,12H2,1H3. The number of nitrogens with zero attached hydrogens (tertiary/aromatic N) is 4. The zero-order valence-corrected chi connectivity index (χ0v) is 15.2. The molecule has 142 valence electrons. The second-order valence-corrected chi connectivity index (χ2v) is 6.85. The molecule has 4 heterocycles. The highest BCUT2D eigenvalue weighted by atomic mass is 16.5. The molecule has 5 rings (SSSR count). The summed E-state index contributed by atoms with van der Waals surface area (Å²) in [5, 5.41) is 0. The van der Waals surface area contributed by atoms with Crippen molar-refractivity contribution < 1.29 is 18.7 Å². The van der Waals surface area contributed by atoms with Crippen molar-refractivity contribution in [1.29, 1.82) is 0 Å². The molecule has 1 fully saturated rings. The van der Waals surface area contributed by atoms with Gasteiger partial charge in [0.15, 0.2) is 17.8 Å². The molecule has 0 spiro atoms. The highest BCUT2D eigenvalue weighted by Gasteiger charge is 2.56. The molecule has 0 saturated carbocycles. The van der Waals surface area contributed by atoms with E-state index in [0.29, 0.717) is 31.1 Å². The summed E-state index contributed by atoms with van der Waals surface area (Å²) in [6, 6.07) is 11.2. The van der Waals surface area contributed by atoms with E-state index in [1.165, 1.54) is 12.7 Å². The van der Waals surface area contributed by atoms with Crippen molar-refractivity contribution in [3.05, 3.63) is 72.2 Å². The van der Waals surface area contributed by atoms with Gasteiger partial charge < -0.3 is 23.5 Å². The van der Waals surface area contributed by atoms with Gasteiger partial charge in [-0.25, -0.2) is 4.98 Å². The second kappa shape index (κ2) is 5.98. The summed E-state index contributed by atoms with van der Waals surface area (Å²) in [5.74, 6) is 0.348. The SMILES string of the molecule is COc1ccc(C23Cn4cccc4C(=O)N2CCN3C(=O)c2cocn2)cc1. The first kappa shape index (κ1) is 16.6. The van der Waals surface area contributed by atoms with Crippen LogP contribution in [0.3, 0.4) is 0 Å². The highest BCUT2D eigenvalue weighted by Crippen LogP contribution is 2.43. The van der Waals surface area contributed by atoms with Crippen molar-refractivity contribution in [3.8, 4) is 5.75 Å². The Hall–Kier alpha value is -3.55. The van der Waals surface area contributed by atoms with Crippen LogP contribution in [0.15, 0.2) is 59.7 Å². The Kier molecular flexibility index (Phi) is 3.55. The molecule has 2 aliphatic rings. The summed E-state index contributed by atoms with van der Waals surface area (Å²) < 4.78 is 12.2. The van der Waals surface area contributed by atoms with Crippen molar-refractivity contribution in [2.75, 3.05) is 20.2 Å². The van der Waals surface area contributed by atoms with Gasteiger partial charge in [-0.3, -0.25) is 9.59 Å². The van der Waals surface area contributed by atoms with Crippen LogP contribution in [0.1, 0.15) is 26.5 Å². The lowest BCUT2D eigenvalue weighted by Gasteiger charge is -2.47. The minimum atomic E-state index is -0.939. The number of hydrogen-bond acceptors (Lipinski definition) is 5. The van der Waals surface area contributed by atoms with E-state index in [4.69, 9.17) is 9.15 Å². The second-order valence-electron chi connectivity index (χ2n) is 6.85. The third-order valence-corrected chi connectivity index (χ3v) is 5.57. The van der Waals surface area contributed by atoms with Crippen LogP contribution in [0.4, 0.5) is 0 Å². The number of fused-ring (bicyclic) bond motifs is 2. The van der Waals surface area contributed by atoms with Crippen LogP contribution in [0, 0.1) is 0 Å². The molecule has 28 heavy (non-hydrogen) atoms. The van der Waals surface area contributed by atoms with Crippen LogP contribution in [-0.2, 0) is 12.2 Å². The zero-order valence-electron chi connectivity index (χ0n) is 15.2. The van der Waals surface area contributed by atoms with Gasteiger partial charge in [-0.05, 0) is 24.3 Å². The number of methoxy groups -OCH3 is 1. The van der Waals surface area contributed by atoms with Gasteiger partial charge in [-0.1, -0.05) is 12.1 Å². The first-order chi connectivity index (χ1) is 13.6. The lowest BCUT2D eigenvalue weighted by atomic mass is 9.94. The van der Waals surface area contributed by atoms with E-state index in [-0.39, 0.29) is 17.5 Å². The van der Waals surface area contributed by atoms with E-state index >= 15 is 0 Å². The molecule has 1 saturated heterocycles.